The van der Waals surface area contributed by atoms with E-state index in [2.05, 4.69) is 41.0 Å². The highest BCUT2D eigenvalue weighted by Crippen LogP contribution is 2.18. The number of pyridine rings is 1. The van der Waals surface area contributed by atoms with Gasteiger partial charge in [0.15, 0.2) is 0 Å². The molecule has 0 saturated carbocycles. The molecule has 22 heavy (non-hydrogen) atoms. The molecule has 1 saturated heterocycles. The fourth-order valence-corrected chi connectivity index (χ4v) is 3.08. The third-order valence-corrected chi connectivity index (χ3v) is 4.38. The summed E-state index contributed by atoms with van der Waals surface area (Å²) in [5, 5.41) is 3.10. The number of piperidine rings is 1. The summed E-state index contributed by atoms with van der Waals surface area (Å²) in [6.45, 7) is 8.60. The fourth-order valence-electron chi connectivity index (χ4n) is 3.08. The first-order valence-electron chi connectivity index (χ1n) is 8.30. The number of nitrogens with zero attached hydrogens (tertiary/aromatic N) is 3. The second kappa shape index (κ2) is 8.13. The number of nitrogens with one attached hydrogen (secondary N) is 1. The molecule has 0 aliphatic carbocycles. The van der Waals surface area contributed by atoms with Gasteiger partial charge in [-0.3, -0.25) is 4.79 Å². The first-order valence-corrected chi connectivity index (χ1v) is 8.30. The maximum absolute atomic E-state index is 12.4. The van der Waals surface area contributed by atoms with Crippen LogP contribution in [0.5, 0.6) is 0 Å². The standard InChI is InChI=1S/C17H28N4O/c1-4-21(5-2)16-14(8-6-10-18-16)12-19-17(22)15-9-7-11-20(3)13-15/h6,8,10,15H,4-5,7,9,11-13H2,1-3H3,(H,19,22). The number of anilines is 1. The van der Waals surface area contributed by atoms with Crippen LogP contribution >= 0.6 is 0 Å². The molecule has 1 aromatic heterocycles. The van der Waals surface area contributed by atoms with Crippen LogP contribution in [0.25, 0.3) is 0 Å². The minimum absolute atomic E-state index is 0.118. The van der Waals surface area contributed by atoms with Crippen molar-refractivity contribution in [2.24, 2.45) is 5.92 Å². The summed E-state index contributed by atoms with van der Waals surface area (Å²) in [7, 11) is 2.08. The second-order valence-electron chi connectivity index (χ2n) is 5.98. The number of carbonyl (C=O) groups is 1. The van der Waals surface area contributed by atoms with Crippen LogP contribution in [0, 0.1) is 5.92 Å². The Hall–Kier alpha value is -1.62. The number of likely N-dealkylation sites (tertiary alicyclic amines) is 1. The molecule has 1 N–H and O–H groups in total. The summed E-state index contributed by atoms with van der Waals surface area (Å²) in [5.74, 6) is 1.27. The van der Waals surface area contributed by atoms with Gasteiger partial charge in [-0.15, -0.1) is 0 Å². The lowest BCUT2D eigenvalue weighted by molar-refractivity contribution is -0.126. The number of amides is 1. The van der Waals surface area contributed by atoms with Crippen LogP contribution in [0.2, 0.25) is 0 Å². The van der Waals surface area contributed by atoms with Crippen LogP contribution in [0.4, 0.5) is 5.82 Å². The topological polar surface area (TPSA) is 48.5 Å². The summed E-state index contributed by atoms with van der Waals surface area (Å²) >= 11 is 0. The van der Waals surface area contributed by atoms with Crippen LogP contribution in [-0.2, 0) is 11.3 Å². The lowest BCUT2D eigenvalue weighted by Crippen LogP contribution is -2.41. The molecule has 1 aromatic rings. The molecular weight excluding hydrogens is 276 g/mol. The van der Waals surface area contributed by atoms with Gasteiger partial charge in [0, 0.05) is 37.9 Å². The van der Waals surface area contributed by atoms with Gasteiger partial charge in [0.25, 0.3) is 0 Å². The summed E-state index contributed by atoms with van der Waals surface area (Å²) < 4.78 is 0. The summed E-state index contributed by atoms with van der Waals surface area (Å²) in [5.41, 5.74) is 1.09. The molecule has 5 nitrogen and oxygen atoms in total. The van der Waals surface area contributed by atoms with Crippen molar-refractivity contribution in [3.63, 3.8) is 0 Å². The highest BCUT2D eigenvalue weighted by atomic mass is 16.1. The SMILES string of the molecule is CCN(CC)c1ncccc1CNC(=O)C1CCCN(C)C1. The zero-order valence-electron chi connectivity index (χ0n) is 14.0. The first-order chi connectivity index (χ1) is 10.7. The molecule has 1 fully saturated rings. The van der Waals surface area contributed by atoms with E-state index in [1.165, 1.54) is 0 Å². The highest BCUT2D eigenvalue weighted by molar-refractivity contribution is 5.79. The van der Waals surface area contributed by atoms with E-state index in [0.717, 1.165) is 50.4 Å². The molecule has 2 rings (SSSR count). The zero-order chi connectivity index (χ0) is 15.9. The van der Waals surface area contributed by atoms with Gasteiger partial charge in [0.05, 0.1) is 5.92 Å². The Bertz CT molecular complexity index is 487. The van der Waals surface area contributed by atoms with E-state index in [-0.39, 0.29) is 11.8 Å². The van der Waals surface area contributed by atoms with Crippen LogP contribution < -0.4 is 10.2 Å². The minimum atomic E-state index is 0.118. The first kappa shape index (κ1) is 16.7. The lowest BCUT2D eigenvalue weighted by atomic mass is 9.97. The Morgan fingerprint density at radius 3 is 2.91 bits per heavy atom. The van der Waals surface area contributed by atoms with Crippen LogP contribution in [0.3, 0.4) is 0 Å². The van der Waals surface area contributed by atoms with Crippen molar-refractivity contribution in [1.82, 2.24) is 15.2 Å². The van der Waals surface area contributed by atoms with Gasteiger partial charge in [0.1, 0.15) is 5.82 Å². The van der Waals surface area contributed by atoms with Gasteiger partial charge in [-0.2, -0.15) is 0 Å². The number of aromatic nitrogens is 1. The van der Waals surface area contributed by atoms with Gasteiger partial charge in [-0.05, 0) is 46.3 Å². The number of carbonyl (C=O) groups excluding carboxylic acids is 1. The highest BCUT2D eigenvalue weighted by Gasteiger charge is 2.23. The molecule has 1 aliphatic heterocycles. The van der Waals surface area contributed by atoms with Gasteiger partial charge in [-0.25, -0.2) is 4.98 Å². The Morgan fingerprint density at radius 2 is 2.23 bits per heavy atom. The quantitative estimate of drug-likeness (QED) is 0.872. The maximum atomic E-state index is 12.4. The van der Waals surface area contributed by atoms with Crippen molar-refractivity contribution in [2.45, 2.75) is 33.2 Å². The van der Waals surface area contributed by atoms with E-state index in [4.69, 9.17) is 0 Å². The van der Waals surface area contributed by atoms with E-state index < -0.39 is 0 Å². The van der Waals surface area contributed by atoms with E-state index in [9.17, 15) is 4.79 Å². The van der Waals surface area contributed by atoms with Crippen LogP contribution in [-0.4, -0.2) is 49.0 Å². The molecular formula is C17H28N4O. The fraction of sp³-hybridized carbons (Fsp3) is 0.647. The van der Waals surface area contributed by atoms with Crippen molar-refractivity contribution in [1.29, 1.82) is 0 Å². The van der Waals surface area contributed by atoms with E-state index in [1.54, 1.807) is 0 Å². The Labute approximate surface area is 133 Å². The molecule has 0 radical (unpaired) electrons. The number of hydrogen-bond acceptors (Lipinski definition) is 4. The number of rotatable bonds is 6. The molecule has 2 heterocycles. The van der Waals surface area contributed by atoms with E-state index in [0.29, 0.717) is 6.54 Å². The zero-order valence-corrected chi connectivity index (χ0v) is 14.0. The Balaban J connectivity index is 1.97. The minimum Gasteiger partial charge on any atom is -0.357 e. The second-order valence-corrected chi connectivity index (χ2v) is 5.98. The predicted molar refractivity (Wildman–Crippen MR) is 89.9 cm³/mol. The van der Waals surface area contributed by atoms with Crippen LogP contribution in [0.15, 0.2) is 18.3 Å². The lowest BCUT2D eigenvalue weighted by Gasteiger charge is -2.29. The molecule has 1 atom stereocenters. The van der Waals surface area contributed by atoms with Gasteiger partial charge in [0.2, 0.25) is 5.91 Å². The molecule has 1 unspecified atom stereocenters. The number of hydrogen-bond donors (Lipinski definition) is 1. The Morgan fingerprint density at radius 1 is 1.45 bits per heavy atom. The molecule has 5 heteroatoms. The van der Waals surface area contributed by atoms with Crippen molar-refractivity contribution >= 4 is 11.7 Å². The van der Waals surface area contributed by atoms with Crippen molar-refractivity contribution in [3.8, 4) is 0 Å². The molecule has 122 valence electrons. The monoisotopic (exact) mass is 304 g/mol. The molecule has 0 bridgehead atoms. The van der Waals surface area contributed by atoms with Crippen molar-refractivity contribution < 1.29 is 4.79 Å². The molecule has 1 amide bonds. The summed E-state index contributed by atoms with van der Waals surface area (Å²) in [6.07, 6.45) is 3.91. The molecule has 0 spiro atoms. The maximum Gasteiger partial charge on any atom is 0.224 e. The third kappa shape index (κ3) is 4.19. The van der Waals surface area contributed by atoms with Gasteiger partial charge < -0.3 is 15.1 Å². The predicted octanol–water partition coefficient (Wildman–Crippen LogP) is 1.89. The van der Waals surface area contributed by atoms with E-state index >= 15 is 0 Å². The normalized spacial score (nSPS) is 19.0. The van der Waals surface area contributed by atoms with Gasteiger partial charge >= 0.3 is 0 Å². The average Bonchev–Trinajstić information content (AvgIpc) is 2.55. The average molecular weight is 304 g/mol. The summed E-state index contributed by atoms with van der Waals surface area (Å²) in [6, 6.07) is 3.98. The largest absolute Gasteiger partial charge is 0.357 e. The molecule has 1 aliphatic rings. The van der Waals surface area contributed by atoms with Gasteiger partial charge in [-0.1, -0.05) is 6.07 Å². The van der Waals surface area contributed by atoms with Crippen LogP contribution in [0.1, 0.15) is 32.3 Å². The van der Waals surface area contributed by atoms with E-state index in [1.807, 2.05) is 18.3 Å². The van der Waals surface area contributed by atoms with Crippen molar-refractivity contribution in [2.75, 3.05) is 38.1 Å². The Kier molecular flexibility index (Phi) is 6.19. The smallest absolute Gasteiger partial charge is 0.224 e. The molecule has 0 aromatic carbocycles. The van der Waals surface area contributed by atoms with Crippen molar-refractivity contribution in [3.05, 3.63) is 23.9 Å². The summed E-state index contributed by atoms with van der Waals surface area (Å²) in [4.78, 5) is 21.3. The third-order valence-electron chi connectivity index (χ3n) is 4.38.